The highest BCUT2D eigenvalue weighted by atomic mass is 32.1. The molecule has 3 heterocycles. The van der Waals surface area contributed by atoms with Crippen LogP contribution in [0.4, 0.5) is 0 Å². The molecular formula is C40H24N4S2. The van der Waals surface area contributed by atoms with Crippen LogP contribution in [0.15, 0.2) is 146 Å². The zero-order valence-corrected chi connectivity index (χ0v) is 26.1. The monoisotopic (exact) mass is 624 g/mol. The zero-order chi connectivity index (χ0) is 30.5. The maximum absolute atomic E-state index is 5.26. The van der Waals surface area contributed by atoms with E-state index in [9.17, 15) is 0 Å². The molecule has 0 spiro atoms. The minimum Gasteiger partial charge on any atom is -0.235 e. The summed E-state index contributed by atoms with van der Waals surface area (Å²) in [5, 5.41) is 3.54. The van der Waals surface area contributed by atoms with Crippen LogP contribution in [0.3, 0.4) is 0 Å². The van der Waals surface area contributed by atoms with Gasteiger partial charge in [0, 0.05) is 48.0 Å². The fourth-order valence-corrected chi connectivity index (χ4v) is 8.23. The van der Waals surface area contributed by atoms with Crippen LogP contribution in [-0.2, 0) is 0 Å². The molecule has 9 rings (SSSR count). The molecule has 6 heteroatoms. The first kappa shape index (κ1) is 26.8. The Kier molecular flexibility index (Phi) is 6.47. The van der Waals surface area contributed by atoms with Gasteiger partial charge in [-0.2, -0.15) is 0 Å². The van der Waals surface area contributed by atoms with Gasteiger partial charge in [-0.1, -0.05) is 133 Å². The minimum absolute atomic E-state index is 0.642. The lowest BCUT2D eigenvalue weighted by Crippen LogP contribution is -2.00. The molecule has 46 heavy (non-hydrogen) atoms. The van der Waals surface area contributed by atoms with Crippen LogP contribution in [0.5, 0.6) is 0 Å². The Balaban J connectivity index is 1.23. The van der Waals surface area contributed by atoms with E-state index in [0.29, 0.717) is 17.5 Å². The van der Waals surface area contributed by atoms with Gasteiger partial charge in [0.15, 0.2) is 17.5 Å². The molecule has 0 aliphatic rings. The van der Waals surface area contributed by atoms with Gasteiger partial charge in [-0.25, -0.2) is 19.9 Å². The molecule has 3 aromatic heterocycles. The highest BCUT2D eigenvalue weighted by Crippen LogP contribution is 2.46. The molecule has 0 saturated heterocycles. The fraction of sp³-hybridized carbons (Fsp3) is 0. The summed E-state index contributed by atoms with van der Waals surface area (Å²) in [6.45, 7) is 0. The lowest BCUT2D eigenvalue weighted by Gasteiger charge is -2.10. The van der Waals surface area contributed by atoms with Crippen LogP contribution < -0.4 is 0 Å². The van der Waals surface area contributed by atoms with E-state index in [1.807, 2.05) is 78.1 Å². The Morgan fingerprint density at radius 3 is 1.48 bits per heavy atom. The van der Waals surface area contributed by atoms with Crippen molar-refractivity contribution in [1.29, 1.82) is 0 Å². The van der Waals surface area contributed by atoms with Gasteiger partial charge in [0.25, 0.3) is 0 Å². The summed E-state index contributed by atoms with van der Waals surface area (Å²) in [6.07, 6.45) is 0. The van der Waals surface area contributed by atoms with Crippen molar-refractivity contribution in [3.63, 3.8) is 0 Å². The number of fused-ring (bicyclic) bond motifs is 4. The molecule has 9 aromatic rings. The van der Waals surface area contributed by atoms with Crippen molar-refractivity contribution < 1.29 is 0 Å². The zero-order valence-electron chi connectivity index (χ0n) is 24.5. The number of aromatic nitrogens is 4. The van der Waals surface area contributed by atoms with Crippen LogP contribution in [-0.4, -0.2) is 19.9 Å². The van der Waals surface area contributed by atoms with E-state index >= 15 is 0 Å². The van der Waals surface area contributed by atoms with E-state index in [2.05, 4.69) is 78.9 Å². The van der Waals surface area contributed by atoms with Crippen LogP contribution in [0, 0.1) is 0 Å². The summed E-state index contributed by atoms with van der Waals surface area (Å²) in [5.41, 5.74) is 7.30. The number of thiazole rings is 1. The standard InChI is InChI=1S/C40H24N4S2/c1-4-12-26(13-5-1)37-42-38(27-14-6-2-7-15-27)44-39(43-37)28-22-20-25(21-23-28)34-35-30-18-10-11-19-31(30)45-32(35)24-33-36(34)41-40(46-33)29-16-8-3-9-17-29/h1-24H. The summed E-state index contributed by atoms with van der Waals surface area (Å²) in [5.74, 6) is 1.95. The summed E-state index contributed by atoms with van der Waals surface area (Å²) < 4.78 is 3.74. The molecule has 0 fully saturated rings. The molecule has 0 radical (unpaired) electrons. The predicted octanol–water partition coefficient (Wildman–Crippen LogP) is 11.2. The summed E-state index contributed by atoms with van der Waals surface area (Å²) in [4.78, 5) is 20.0. The summed E-state index contributed by atoms with van der Waals surface area (Å²) in [6, 6.07) is 50.2. The quantitative estimate of drug-likeness (QED) is 0.191. The molecule has 0 aliphatic carbocycles. The Morgan fingerprint density at radius 1 is 0.370 bits per heavy atom. The third kappa shape index (κ3) is 4.67. The van der Waals surface area contributed by atoms with E-state index in [1.165, 1.54) is 30.4 Å². The number of nitrogens with zero attached hydrogens (tertiary/aromatic N) is 4. The van der Waals surface area contributed by atoms with Crippen molar-refractivity contribution in [2.45, 2.75) is 0 Å². The fourth-order valence-electron chi connectivity index (χ4n) is 5.98. The second-order valence-corrected chi connectivity index (χ2v) is 13.2. The molecule has 0 amide bonds. The first-order valence-electron chi connectivity index (χ1n) is 15.1. The molecule has 0 N–H and O–H groups in total. The molecular weight excluding hydrogens is 601 g/mol. The average molecular weight is 625 g/mol. The molecule has 0 saturated carbocycles. The normalized spacial score (nSPS) is 11.5. The van der Waals surface area contributed by atoms with Gasteiger partial charge in [-0.15, -0.1) is 22.7 Å². The van der Waals surface area contributed by atoms with Crippen molar-refractivity contribution in [2.24, 2.45) is 0 Å². The van der Waals surface area contributed by atoms with E-state index in [1.54, 1.807) is 11.3 Å². The smallest absolute Gasteiger partial charge is 0.164 e. The number of benzene rings is 6. The topological polar surface area (TPSA) is 51.6 Å². The van der Waals surface area contributed by atoms with E-state index in [-0.39, 0.29) is 0 Å². The van der Waals surface area contributed by atoms with Gasteiger partial charge in [-0.3, -0.25) is 0 Å². The summed E-state index contributed by atoms with van der Waals surface area (Å²) in [7, 11) is 0. The maximum Gasteiger partial charge on any atom is 0.164 e. The largest absolute Gasteiger partial charge is 0.235 e. The third-order valence-electron chi connectivity index (χ3n) is 8.18. The second kappa shape index (κ2) is 11.1. The van der Waals surface area contributed by atoms with Crippen molar-refractivity contribution in [3.8, 4) is 55.9 Å². The van der Waals surface area contributed by atoms with Crippen LogP contribution >= 0.6 is 22.7 Å². The molecule has 0 atom stereocenters. The number of hydrogen-bond donors (Lipinski definition) is 0. The third-order valence-corrected chi connectivity index (χ3v) is 10.3. The Labute approximate surface area is 273 Å². The predicted molar refractivity (Wildman–Crippen MR) is 193 cm³/mol. The van der Waals surface area contributed by atoms with E-state index in [4.69, 9.17) is 19.9 Å². The van der Waals surface area contributed by atoms with E-state index in [0.717, 1.165) is 38.3 Å². The maximum atomic E-state index is 5.26. The molecule has 6 aromatic carbocycles. The van der Waals surface area contributed by atoms with Gasteiger partial charge in [-0.05, 0) is 17.7 Å². The number of thiophene rings is 1. The Bertz CT molecular complexity index is 2450. The molecule has 4 nitrogen and oxygen atoms in total. The summed E-state index contributed by atoms with van der Waals surface area (Å²) >= 11 is 3.59. The van der Waals surface area contributed by atoms with Gasteiger partial charge in [0.05, 0.1) is 10.2 Å². The van der Waals surface area contributed by atoms with Crippen molar-refractivity contribution >= 4 is 53.1 Å². The Morgan fingerprint density at radius 2 is 0.870 bits per heavy atom. The minimum atomic E-state index is 0.642. The van der Waals surface area contributed by atoms with Gasteiger partial charge >= 0.3 is 0 Å². The molecule has 0 bridgehead atoms. The highest BCUT2D eigenvalue weighted by molar-refractivity contribution is 7.27. The van der Waals surface area contributed by atoms with E-state index < -0.39 is 0 Å². The first-order valence-corrected chi connectivity index (χ1v) is 16.7. The first-order chi connectivity index (χ1) is 22.8. The molecule has 0 aliphatic heterocycles. The average Bonchev–Trinajstić information content (AvgIpc) is 3.73. The van der Waals surface area contributed by atoms with Crippen molar-refractivity contribution in [3.05, 3.63) is 146 Å². The number of rotatable bonds is 5. The van der Waals surface area contributed by atoms with Gasteiger partial charge in [0.2, 0.25) is 0 Å². The lowest BCUT2D eigenvalue weighted by molar-refractivity contribution is 1.07. The number of hydrogen-bond acceptors (Lipinski definition) is 6. The lowest BCUT2D eigenvalue weighted by atomic mass is 9.97. The second-order valence-electron chi connectivity index (χ2n) is 11.1. The van der Waals surface area contributed by atoms with Crippen LogP contribution in [0.1, 0.15) is 0 Å². The van der Waals surface area contributed by atoms with Crippen LogP contribution in [0.2, 0.25) is 0 Å². The van der Waals surface area contributed by atoms with Crippen LogP contribution in [0.25, 0.3) is 86.3 Å². The molecule has 0 unspecified atom stereocenters. The van der Waals surface area contributed by atoms with Crippen molar-refractivity contribution in [1.82, 2.24) is 19.9 Å². The van der Waals surface area contributed by atoms with Gasteiger partial charge < -0.3 is 0 Å². The van der Waals surface area contributed by atoms with Gasteiger partial charge in [0.1, 0.15) is 5.01 Å². The Hall–Kier alpha value is -5.56. The molecule has 216 valence electrons. The van der Waals surface area contributed by atoms with Crippen molar-refractivity contribution in [2.75, 3.05) is 0 Å². The SMILES string of the molecule is c1ccc(-c2nc(-c3ccccc3)nc(-c3ccc(-c4c5nc(-c6ccccc6)sc5cc5sc6ccccc6c45)cc3)n2)cc1. The highest BCUT2D eigenvalue weighted by Gasteiger charge is 2.20.